The van der Waals surface area contributed by atoms with Gasteiger partial charge in [-0.05, 0) is 25.8 Å². The van der Waals surface area contributed by atoms with E-state index in [0.29, 0.717) is 18.7 Å². The number of ether oxygens (including phenoxy) is 1. The Balaban J connectivity index is 1.66. The monoisotopic (exact) mass is 314 g/mol. The molecule has 2 fully saturated rings. The molecule has 0 radical (unpaired) electrons. The van der Waals surface area contributed by atoms with Crippen molar-refractivity contribution in [2.45, 2.75) is 44.8 Å². The van der Waals surface area contributed by atoms with E-state index in [4.69, 9.17) is 4.74 Å². The second-order valence-electron chi connectivity index (χ2n) is 6.56. The molecule has 2 aliphatic rings. The van der Waals surface area contributed by atoms with Crippen molar-refractivity contribution in [3.63, 3.8) is 0 Å². The molecular weight excluding hydrogens is 292 g/mol. The lowest BCUT2D eigenvalue weighted by molar-refractivity contribution is -0.0752. The average Bonchev–Trinajstić information content (AvgIpc) is 2.87. The summed E-state index contributed by atoms with van der Waals surface area (Å²) in [4.78, 5) is 19.5. The summed E-state index contributed by atoms with van der Waals surface area (Å²) < 4.78 is 7.62. The Morgan fingerprint density at radius 2 is 2.17 bits per heavy atom. The van der Waals surface area contributed by atoms with E-state index < -0.39 is 0 Å². The zero-order chi connectivity index (χ0) is 16.0. The minimum atomic E-state index is 0.0721. The number of carbonyl (C=O) groups excluding carboxylic acids is 1. The number of hydrogen-bond acceptors (Lipinski definition) is 4. The molecule has 23 heavy (non-hydrogen) atoms. The van der Waals surface area contributed by atoms with Crippen LogP contribution in [0.5, 0.6) is 0 Å². The third-order valence-corrected chi connectivity index (χ3v) is 5.10. The number of aryl methyl sites for hydroxylation is 2. The average molecular weight is 314 g/mol. The standard InChI is InChI=1S/C17H22N4O2/c1-11-13-9-12(10-18-16(13)20(2)19-11)17(22)21-7-8-23-15-6-4-3-5-14(15)21/h9-10,14-15H,3-8H2,1-2H3/t14-,15-/m1/s1. The number of aromatic nitrogens is 3. The highest BCUT2D eigenvalue weighted by atomic mass is 16.5. The molecule has 122 valence electrons. The van der Waals surface area contributed by atoms with Crippen molar-refractivity contribution >= 4 is 16.9 Å². The molecule has 6 nitrogen and oxygen atoms in total. The molecule has 1 aliphatic heterocycles. The van der Waals surface area contributed by atoms with Crippen molar-refractivity contribution < 1.29 is 9.53 Å². The zero-order valence-corrected chi connectivity index (χ0v) is 13.7. The van der Waals surface area contributed by atoms with Gasteiger partial charge < -0.3 is 9.64 Å². The molecule has 2 aromatic heterocycles. The second-order valence-corrected chi connectivity index (χ2v) is 6.56. The lowest BCUT2D eigenvalue weighted by atomic mass is 9.90. The summed E-state index contributed by atoms with van der Waals surface area (Å²) in [6, 6.07) is 2.15. The van der Waals surface area contributed by atoms with E-state index in [2.05, 4.69) is 10.1 Å². The Hall–Kier alpha value is -1.95. The molecule has 3 heterocycles. The van der Waals surface area contributed by atoms with Gasteiger partial charge in [0.1, 0.15) is 0 Å². The maximum atomic E-state index is 13.0. The Kier molecular flexibility index (Phi) is 3.56. The van der Waals surface area contributed by atoms with E-state index in [1.54, 1.807) is 10.9 Å². The van der Waals surface area contributed by atoms with E-state index in [1.807, 2.05) is 24.9 Å². The number of carbonyl (C=O) groups is 1. The Labute approximate surface area is 135 Å². The molecule has 2 aromatic rings. The molecule has 0 aromatic carbocycles. The minimum Gasteiger partial charge on any atom is -0.374 e. The van der Waals surface area contributed by atoms with Crippen LogP contribution in [0.1, 0.15) is 41.7 Å². The van der Waals surface area contributed by atoms with Crippen molar-refractivity contribution in [3.8, 4) is 0 Å². The van der Waals surface area contributed by atoms with Crippen molar-refractivity contribution in [2.75, 3.05) is 13.2 Å². The number of morpholine rings is 1. The van der Waals surface area contributed by atoms with Crippen LogP contribution in [0.3, 0.4) is 0 Å². The molecular formula is C17H22N4O2. The first-order valence-corrected chi connectivity index (χ1v) is 8.37. The van der Waals surface area contributed by atoms with Crippen molar-refractivity contribution in [3.05, 3.63) is 23.5 Å². The Bertz CT molecular complexity index is 752. The lowest BCUT2D eigenvalue weighted by Crippen LogP contribution is -2.54. The van der Waals surface area contributed by atoms with Gasteiger partial charge in [0.25, 0.3) is 5.91 Å². The molecule has 1 amide bonds. The highest BCUT2D eigenvalue weighted by molar-refractivity contribution is 5.97. The van der Waals surface area contributed by atoms with Crippen LogP contribution in [0, 0.1) is 6.92 Å². The summed E-state index contributed by atoms with van der Waals surface area (Å²) in [5, 5.41) is 5.33. The lowest BCUT2D eigenvalue weighted by Gasteiger charge is -2.43. The SMILES string of the molecule is Cc1nn(C)c2ncc(C(=O)N3CCO[C@@H]4CCCC[C@H]43)cc12. The van der Waals surface area contributed by atoms with E-state index in [-0.39, 0.29) is 18.1 Å². The van der Waals surface area contributed by atoms with Crippen LogP contribution in [0.4, 0.5) is 0 Å². The van der Waals surface area contributed by atoms with Crippen LogP contribution < -0.4 is 0 Å². The van der Waals surface area contributed by atoms with Crippen molar-refractivity contribution in [2.24, 2.45) is 7.05 Å². The number of rotatable bonds is 1. The van der Waals surface area contributed by atoms with Gasteiger partial charge in [0.2, 0.25) is 0 Å². The van der Waals surface area contributed by atoms with Crippen molar-refractivity contribution in [1.29, 1.82) is 0 Å². The molecule has 4 rings (SSSR count). The van der Waals surface area contributed by atoms with Crippen molar-refractivity contribution in [1.82, 2.24) is 19.7 Å². The van der Waals surface area contributed by atoms with Gasteiger partial charge in [-0.2, -0.15) is 5.10 Å². The quantitative estimate of drug-likeness (QED) is 0.808. The molecule has 1 saturated heterocycles. The van der Waals surface area contributed by atoms with E-state index in [9.17, 15) is 4.79 Å². The van der Waals surface area contributed by atoms with Gasteiger partial charge in [-0.15, -0.1) is 0 Å². The fourth-order valence-electron chi connectivity index (χ4n) is 3.94. The highest BCUT2D eigenvalue weighted by Crippen LogP contribution is 2.29. The van der Waals surface area contributed by atoms with Crippen LogP contribution in [0.25, 0.3) is 11.0 Å². The molecule has 0 unspecified atom stereocenters. The summed E-state index contributed by atoms with van der Waals surface area (Å²) in [7, 11) is 1.87. The minimum absolute atomic E-state index is 0.0721. The summed E-state index contributed by atoms with van der Waals surface area (Å²) in [6.45, 7) is 3.25. The number of fused-ring (bicyclic) bond motifs is 2. The molecule has 0 N–H and O–H groups in total. The molecule has 1 aliphatic carbocycles. The summed E-state index contributed by atoms with van der Waals surface area (Å²) in [5.74, 6) is 0.0721. The number of amides is 1. The maximum absolute atomic E-state index is 13.0. The zero-order valence-electron chi connectivity index (χ0n) is 13.7. The largest absolute Gasteiger partial charge is 0.374 e. The Morgan fingerprint density at radius 3 is 3.04 bits per heavy atom. The number of nitrogens with zero attached hydrogens (tertiary/aromatic N) is 4. The van der Waals surface area contributed by atoms with Crippen LogP contribution in [0.15, 0.2) is 12.3 Å². The van der Waals surface area contributed by atoms with Crippen LogP contribution in [-0.4, -0.2) is 50.9 Å². The first-order valence-electron chi connectivity index (χ1n) is 8.37. The van der Waals surface area contributed by atoms with Gasteiger partial charge in [-0.1, -0.05) is 12.8 Å². The van der Waals surface area contributed by atoms with Gasteiger partial charge in [0, 0.05) is 25.2 Å². The van der Waals surface area contributed by atoms with Gasteiger partial charge >= 0.3 is 0 Å². The number of hydrogen-bond donors (Lipinski definition) is 0. The Morgan fingerprint density at radius 1 is 1.35 bits per heavy atom. The topological polar surface area (TPSA) is 60.2 Å². The first kappa shape index (κ1) is 14.6. The third kappa shape index (κ3) is 2.41. The van der Waals surface area contributed by atoms with E-state index in [1.165, 1.54) is 12.8 Å². The second kappa shape index (κ2) is 5.60. The van der Waals surface area contributed by atoms with Gasteiger partial charge in [0.15, 0.2) is 5.65 Å². The number of pyridine rings is 1. The molecule has 0 spiro atoms. The molecule has 1 saturated carbocycles. The van der Waals surface area contributed by atoms with Gasteiger partial charge in [0.05, 0.1) is 30.0 Å². The van der Waals surface area contributed by atoms with E-state index in [0.717, 1.165) is 29.6 Å². The molecule has 6 heteroatoms. The van der Waals surface area contributed by atoms with Gasteiger partial charge in [-0.3, -0.25) is 9.48 Å². The molecule has 2 atom stereocenters. The predicted octanol–water partition coefficient (Wildman–Crippen LogP) is 2.06. The fourth-order valence-corrected chi connectivity index (χ4v) is 3.94. The van der Waals surface area contributed by atoms with Crippen LogP contribution >= 0.6 is 0 Å². The predicted molar refractivity (Wildman–Crippen MR) is 86.3 cm³/mol. The summed E-state index contributed by atoms with van der Waals surface area (Å²) in [6.07, 6.45) is 6.36. The maximum Gasteiger partial charge on any atom is 0.255 e. The fraction of sp³-hybridized carbons (Fsp3) is 0.588. The normalized spacial score (nSPS) is 24.7. The van der Waals surface area contributed by atoms with E-state index >= 15 is 0 Å². The summed E-state index contributed by atoms with van der Waals surface area (Å²) in [5.41, 5.74) is 2.37. The third-order valence-electron chi connectivity index (χ3n) is 5.10. The van der Waals surface area contributed by atoms with Gasteiger partial charge in [-0.25, -0.2) is 4.98 Å². The smallest absolute Gasteiger partial charge is 0.255 e. The molecule has 0 bridgehead atoms. The van der Waals surface area contributed by atoms with Crippen LogP contribution in [0.2, 0.25) is 0 Å². The summed E-state index contributed by atoms with van der Waals surface area (Å²) >= 11 is 0. The highest BCUT2D eigenvalue weighted by Gasteiger charge is 2.37. The first-order chi connectivity index (χ1) is 11.1. The van der Waals surface area contributed by atoms with Crippen LogP contribution in [-0.2, 0) is 11.8 Å².